The minimum absolute atomic E-state index is 0.221. The molecule has 5 rings (SSSR count). The summed E-state index contributed by atoms with van der Waals surface area (Å²) < 4.78 is 10.6. The number of furan rings is 1. The van der Waals surface area contributed by atoms with Crippen LogP contribution in [-0.2, 0) is 0 Å². The fraction of sp³-hybridized carbons (Fsp3) is 0.160. The van der Waals surface area contributed by atoms with E-state index in [0.717, 1.165) is 33.3 Å². The fourth-order valence-corrected chi connectivity index (χ4v) is 4.22. The Bertz CT molecular complexity index is 1350. The summed E-state index contributed by atoms with van der Waals surface area (Å²) in [6.45, 7) is 2.03. The van der Waals surface area contributed by atoms with Gasteiger partial charge in [-0.25, -0.2) is 9.99 Å². The Morgan fingerprint density at radius 3 is 2.78 bits per heavy atom. The summed E-state index contributed by atoms with van der Waals surface area (Å²) in [6.07, 6.45) is 1.99. The summed E-state index contributed by atoms with van der Waals surface area (Å²) in [7, 11) is 1.61. The SMILES string of the molecule is COc1ccc2cc([C@@H]3CC(c4cccc(C)c4)=NN3C(=O)c3ccco3)c(Cl)nc2c1. The standard InChI is InChI=1S/C25H20ClN3O3/c1-15-5-3-6-16(11-15)21-14-22(29(28-21)25(30)23-7-4-10-32-23)19-12-17-8-9-18(31-2)13-20(17)27-24(19)26/h3-13,22H,14H2,1-2H3/t22-/m0/s1. The summed E-state index contributed by atoms with van der Waals surface area (Å²) in [5.74, 6) is 0.599. The molecular weight excluding hydrogens is 426 g/mol. The van der Waals surface area contributed by atoms with E-state index in [1.807, 2.05) is 49.4 Å². The molecule has 0 spiro atoms. The van der Waals surface area contributed by atoms with Crippen LogP contribution in [0.1, 0.15) is 39.7 Å². The van der Waals surface area contributed by atoms with Crippen LogP contribution in [0.25, 0.3) is 10.9 Å². The average Bonchev–Trinajstić information content (AvgIpc) is 3.48. The van der Waals surface area contributed by atoms with Crippen molar-refractivity contribution in [1.29, 1.82) is 0 Å². The maximum absolute atomic E-state index is 13.2. The van der Waals surface area contributed by atoms with Gasteiger partial charge in [0.15, 0.2) is 5.76 Å². The smallest absolute Gasteiger partial charge is 0.310 e. The molecule has 32 heavy (non-hydrogen) atoms. The maximum atomic E-state index is 13.2. The Morgan fingerprint density at radius 2 is 2.03 bits per heavy atom. The van der Waals surface area contributed by atoms with Crippen molar-refractivity contribution in [3.05, 3.63) is 94.5 Å². The second-order valence-electron chi connectivity index (χ2n) is 7.69. The summed E-state index contributed by atoms with van der Waals surface area (Å²) >= 11 is 6.63. The van der Waals surface area contributed by atoms with Crippen LogP contribution >= 0.6 is 11.6 Å². The maximum Gasteiger partial charge on any atom is 0.310 e. The van der Waals surface area contributed by atoms with Gasteiger partial charge in [-0.3, -0.25) is 4.79 Å². The van der Waals surface area contributed by atoms with Crippen molar-refractivity contribution in [2.24, 2.45) is 5.10 Å². The molecule has 0 fully saturated rings. The molecule has 0 saturated heterocycles. The van der Waals surface area contributed by atoms with Gasteiger partial charge in [-0.1, -0.05) is 41.4 Å². The molecule has 7 heteroatoms. The van der Waals surface area contributed by atoms with Gasteiger partial charge in [0.1, 0.15) is 10.9 Å². The predicted molar refractivity (Wildman–Crippen MR) is 123 cm³/mol. The Morgan fingerprint density at radius 1 is 1.16 bits per heavy atom. The number of hydrogen-bond donors (Lipinski definition) is 0. The molecule has 0 bridgehead atoms. The third-order valence-corrected chi connectivity index (χ3v) is 5.87. The second kappa shape index (κ2) is 8.13. The Balaban J connectivity index is 1.60. The molecule has 2 aromatic heterocycles. The molecule has 4 aromatic rings. The van der Waals surface area contributed by atoms with E-state index in [0.29, 0.717) is 17.3 Å². The highest BCUT2D eigenvalue weighted by Crippen LogP contribution is 2.38. The molecule has 2 aromatic carbocycles. The monoisotopic (exact) mass is 445 g/mol. The highest BCUT2D eigenvalue weighted by molar-refractivity contribution is 6.30. The number of carbonyl (C=O) groups is 1. The van der Waals surface area contributed by atoms with Crippen LogP contribution < -0.4 is 4.74 Å². The van der Waals surface area contributed by atoms with Crippen LogP contribution in [0.3, 0.4) is 0 Å². The van der Waals surface area contributed by atoms with Crippen LogP contribution in [0.4, 0.5) is 0 Å². The Kier molecular flexibility index (Phi) is 5.15. The number of rotatable bonds is 4. The summed E-state index contributed by atoms with van der Waals surface area (Å²) in [5.41, 5.74) is 4.36. The van der Waals surface area contributed by atoms with E-state index < -0.39 is 6.04 Å². The van der Waals surface area contributed by atoms with Gasteiger partial charge < -0.3 is 9.15 Å². The highest BCUT2D eigenvalue weighted by atomic mass is 35.5. The van der Waals surface area contributed by atoms with Crippen LogP contribution in [-0.4, -0.2) is 28.7 Å². The summed E-state index contributed by atoms with van der Waals surface area (Å²) in [4.78, 5) is 17.8. The van der Waals surface area contributed by atoms with E-state index in [1.54, 1.807) is 19.2 Å². The minimum atomic E-state index is -0.408. The van der Waals surface area contributed by atoms with E-state index in [1.165, 1.54) is 11.3 Å². The predicted octanol–water partition coefficient (Wildman–Crippen LogP) is 5.79. The normalized spacial score (nSPS) is 15.8. The number of ether oxygens (including phenoxy) is 1. The highest BCUT2D eigenvalue weighted by Gasteiger charge is 2.36. The van der Waals surface area contributed by atoms with Gasteiger partial charge in [0, 0.05) is 23.4 Å². The summed E-state index contributed by atoms with van der Waals surface area (Å²) in [5, 5.41) is 7.38. The van der Waals surface area contributed by atoms with Crippen LogP contribution in [0, 0.1) is 6.92 Å². The number of aromatic nitrogens is 1. The number of nitrogens with zero attached hydrogens (tertiary/aromatic N) is 3. The van der Waals surface area contributed by atoms with Crippen LogP contribution in [0.15, 0.2) is 76.4 Å². The zero-order valence-corrected chi connectivity index (χ0v) is 18.3. The molecule has 1 aliphatic heterocycles. The van der Waals surface area contributed by atoms with Gasteiger partial charge in [-0.2, -0.15) is 5.10 Å². The van der Waals surface area contributed by atoms with Gasteiger partial charge in [-0.05, 0) is 42.8 Å². The van der Waals surface area contributed by atoms with E-state index in [2.05, 4.69) is 11.1 Å². The summed E-state index contributed by atoms with van der Waals surface area (Å²) in [6, 6.07) is 18.6. The van der Waals surface area contributed by atoms with Gasteiger partial charge >= 0.3 is 5.91 Å². The van der Waals surface area contributed by atoms with E-state index in [4.69, 9.17) is 25.9 Å². The van der Waals surface area contributed by atoms with Crippen LogP contribution in [0.2, 0.25) is 5.15 Å². The third kappa shape index (κ3) is 3.63. The first kappa shape index (κ1) is 20.3. The van der Waals surface area contributed by atoms with Gasteiger partial charge in [0.2, 0.25) is 0 Å². The first-order valence-electron chi connectivity index (χ1n) is 10.2. The lowest BCUT2D eigenvalue weighted by atomic mass is 9.97. The molecular formula is C25H20ClN3O3. The quantitative estimate of drug-likeness (QED) is 0.373. The van der Waals surface area contributed by atoms with Crippen molar-refractivity contribution in [2.45, 2.75) is 19.4 Å². The number of methoxy groups -OCH3 is 1. The van der Waals surface area contributed by atoms with Crippen molar-refractivity contribution in [1.82, 2.24) is 9.99 Å². The second-order valence-corrected chi connectivity index (χ2v) is 8.05. The average molecular weight is 446 g/mol. The molecule has 6 nitrogen and oxygen atoms in total. The fourth-order valence-electron chi connectivity index (χ4n) is 3.95. The van der Waals surface area contributed by atoms with E-state index in [-0.39, 0.29) is 11.7 Å². The van der Waals surface area contributed by atoms with Gasteiger partial charge in [-0.15, -0.1) is 0 Å². The van der Waals surface area contributed by atoms with Gasteiger partial charge in [0.05, 0.1) is 30.6 Å². The molecule has 1 aliphatic rings. The number of halogens is 1. The number of benzene rings is 2. The number of amides is 1. The molecule has 0 N–H and O–H groups in total. The lowest BCUT2D eigenvalue weighted by Gasteiger charge is -2.22. The molecule has 0 unspecified atom stereocenters. The van der Waals surface area contributed by atoms with Crippen molar-refractivity contribution in [3.8, 4) is 5.75 Å². The number of pyridine rings is 1. The molecule has 1 atom stereocenters. The minimum Gasteiger partial charge on any atom is -0.497 e. The van der Waals surface area contributed by atoms with Crippen molar-refractivity contribution in [2.75, 3.05) is 7.11 Å². The molecule has 0 aliphatic carbocycles. The van der Waals surface area contributed by atoms with Gasteiger partial charge in [0.25, 0.3) is 0 Å². The zero-order chi connectivity index (χ0) is 22.2. The number of aryl methyl sites for hydroxylation is 1. The Hall–Kier alpha value is -3.64. The van der Waals surface area contributed by atoms with E-state index >= 15 is 0 Å². The third-order valence-electron chi connectivity index (χ3n) is 5.57. The lowest BCUT2D eigenvalue weighted by molar-refractivity contribution is 0.0678. The topological polar surface area (TPSA) is 67.9 Å². The number of fused-ring (bicyclic) bond motifs is 1. The van der Waals surface area contributed by atoms with E-state index in [9.17, 15) is 4.79 Å². The van der Waals surface area contributed by atoms with Crippen molar-refractivity contribution < 1.29 is 13.9 Å². The number of hydrogen-bond acceptors (Lipinski definition) is 5. The zero-order valence-electron chi connectivity index (χ0n) is 17.6. The molecule has 3 heterocycles. The van der Waals surface area contributed by atoms with Crippen molar-refractivity contribution in [3.63, 3.8) is 0 Å². The Labute approximate surface area is 190 Å². The first-order chi connectivity index (χ1) is 15.5. The number of hydrazone groups is 1. The molecule has 160 valence electrons. The first-order valence-corrected chi connectivity index (χ1v) is 10.6. The van der Waals surface area contributed by atoms with Crippen molar-refractivity contribution >= 4 is 34.1 Å². The van der Waals surface area contributed by atoms with Crippen LogP contribution in [0.5, 0.6) is 5.75 Å². The molecule has 1 amide bonds. The lowest BCUT2D eigenvalue weighted by Crippen LogP contribution is -2.27. The number of carbonyl (C=O) groups excluding carboxylic acids is 1. The molecule has 0 saturated carbocycles. The molecule has 0 radical (unpaired) electrons. The largest absolute Gasteiger partial charge is 0.497 e.